The number of nitrogens with zero attached hydrogens (tertiary/aromatic N) is 2. The second-order valence-corrected chi connectivity index (χ2v) is 3.03. The average molecular weight is 233 g/mol. The number of carbonyl (C=O) groups excluding carboxylic acids is 1. The number of nitrogens with one attached hydrogen (secondary N) is 2. The van der Waals surface area contributed by atoms with E-state index in [1.165, 1.54) is 10.9 Å². The van der Waals surface area contributed by atoms with Crippen LogP contribution in [0.15, 0.2) is 6.20 Å². The number of carboxylic acids is 1. The summed E-state index contributed by atoms with van der Waals surface area (Å²) in [5.41, 5.74) is 0.321. The summed E-state index contributed by atoms with van der Waals surface area (Å²) < 4.78 is 1.37. The van der Waals surface area contributed by atoms with Gasteiger partial charge in [-0.3, -0.25) is 9.48 Å². The second kappa shape index (κ2) is 4.65. The number of carbonyl (C=O) groups is 2. The summed E-state index contributed by atoms with van der Waals surface area (Å²) in [5.74, 6) is -1.12. The van der Waals surface area contributed by atoms with E-state index in [2.05, 4.69) is 15.7 Å². The maximum atomic E-state index is 11.1. The number of halogens is 1. The van der Waals surface area contributed by atoms with Crippen LogP contribution in [0.3, 0.4) is 0 Å². The normalized spacial score (nSPS) is 9.73. The number of anilines is 1. The molecule has 0 saturated heterocycles. The zero-order valence-corrected chi connectivity index (χ0v) is 8.58. The largest absolute Gasteiger partial charge is 0.480 e. The van der Waals surface area contributed by atoms with Gasteiger partial charge in [0.05, 0.1) is 11.9 Å². The number of urea groups is 1. The molecule has 0 unspecified atom stereocenters. The SMILES string of the molecule is Cn1ncc(NC(=O)NCC(=O)O)c1Cl. The zero-order valence-electron chi connectivity index (χ0n) is 7.82. The smallest absolute Gasteiger partial charge is 0.323 e. The number of aliphatic carboxylic acids is 1. The van der Waals surface area contributed by atoms with E-state index < -0.39 is 18.5 Å². The van der Waals surface area contributed by atoms with Gasteiger partial charge in [-0.2, -0.15) is 5.10 Å². The third kappa shape index (κ3) is 3.13. The summed E-state index contributed by atoms with van der Waals surface area (Å²) in [5, 5.41) is 16.8. The fraction of sp³-hybridized carbons (Fsp3) is 0.286. The van der Waals surface area contributed by atoms with Gasteiger partial charge >= 0.3 is 12.0 Å². The Morgan fingerprint density at radius 1 is 1.67 bits per heavy atom. The monoisotopic (exact) mass is 232 g/mol. The van der Waals surface area contributed by atoms with Crippen LogP contribution in [0.5, 0.6) is 0 Å². The first-order valence-electron chi connectivity index (χ1n) is 3.95. The highest BCUT2D eigenvalue weighted by Gasteiger charge is 2.09. The molecule has 0 aliphatic carbocycles. The Balaban J connectivity index is 2.51. The van der Waals surface area contributed by atoms with E-state index in [1.807, 2.05) is 0 Å². The van der Waals surface area contributed by atoms with Crippen LogP contribution < -0.4 is 10.6 Å². The molecular formula is C7H9ClN4O3. The molecule has 0 spiro atoms. The molecule has 0 bridgehead atoms. The summed E-state index contributed by atoms with van der Waals surface area (Å²) in [6.07, 6.45) is 1.36. The van der Waals surface area contributed by atoms with Gasteiger partial charge in [0.1, 0.15) is 11.7 Å². The van der Waals surface area contributed by atoms with E-state index in [-0.39, 0.29) is 5.15 Å². The van der Waals surface area contributed by atoms with Crippen LogP contribution in [0.2, 0.25) is 5.15 Å². The molecule has 0 saturated carbocycles. The van der Waals surface area contributed by atoms with E-state index in [0.29, 0.717) is 5.69 Å². The zero-order chi connectivity index (χ0) is 11.4. The molecule has 1 aromatic rings. The standard InChI is InChI=1S/C7H9ClN4O3/c1-12-6(8)4(2-10-12)11-7(15)9-3-5(13)14/h2H,3H2,1H3,(H,13,14)(H2,9,11,15). The Morgan fingerprint density at radius 3 is 2.80 bits per heavy atom. The Hall–Kier alpha value is -1.76. The maximum Gasteiger partial charge on any atom is 0.323 e. The minimum Gasteiger partial charge on any atom is -0.480 e. The van der Waals surface area contributed by atoms with Crippen molar-refractivity contribution in [1.82, 2.24) is 15.1 Å². The van der Waals surface area contributed by atoms with Gasteiger partial charge in [-0.15, -0.1) is 0 Å². The topological polar surface area (TPSA) is 96.3 Å². The number of aryl methyl sites for hydroxylation is 1. The first kappa shape index (κ1) is 11.3. The van der Waals surface area contributed by atoms with Crippen molar-refractivity contribution >= 4 is 29.3 Å². The Kier molecular flexibility index (Phi) is 3.51. The Labute approximate surface area is 90.0 Å². The average Bonchev–Trinajstić information content (AvgIpc) is 2.47. The van der Waals surface area contributed by atoms with Crippen LogP contribution in [0.4, 0.5) is 10.5 Å². The van der Waals surface area contributed by atoms with E-state index in [4.69, 9.17) is 16.7 Å². The quantitative estimate of drug-likeness (QED) is 0.697. The van der Waals surface area contributed by atoms with Crippen molar-refractivity contribution in [3.05, 3.63) is 11.3 Å². The highest BCUT2D eigenvalue weighted by molar-refractivity contribution is 6.32. The molecule has 0 atom stereocenters. The molecule has 0 fully saturated rings. The van der Waals surface area contributed by atoms with Crippen molar-refractivity contribution in [2.45, 2.75) is 0 Å². The van der Waals surface area contributed by atoms with Crippen LogP contribution in [0, 0.1) is 0 Å². The predicted octanol–water partition coefficient (Wildman–Crippen LogP) is 0.280. The maximum absolute atomic E-state index is 11.1. The summed E-state index contributed by atoms with van der Waals surface area (Å²) >= 11 is 5.76. The highest BCUT2D eigenvalue weighted by atomic mass is 35.5. The van der Waals surface area contributed by atoms with Gasteiger partial charge < -0.3 is 15.7 Å². The number of hydrogen-bond donors (Lipinski definition) is 3. The van der Waals surface area contributed by atoms with Crippen molar-refractivity contribution in [3.8, 4) is 0 Å². The van der Waals surface area contributed by atoms with Crippen LogP contribution >= 0.6 is 11.6 Å². The van der Waals surface area contributed by atoms with Crippen LogP contribution in [0.25, 0.3) is 0 Å². The van der Waals surface area contributed by atoms with Crippen LogP contribution in [-0.2, 0) is 11.8 Å². The lowest BCUT2D eigenvalue weighted by molar-refractivity contribution is -0.135. The van der Waals surface area contributed by atoms with Gasteiger partial charge in [0.15, 0.2) is 0 Å². The number of rotatable bonds is 3. The Morgan fingerprint density at radius 2 is 2.33 bits per heavy atom. The third-order valence-electron chi connectivity index (χ3n) is 1.51. The van der Waals surface area contributed by atoms with Gasteiger partial charge in [0, 0.05) is 7.05 Å². The molecule has 3 N–H and O–H groups in total. The molecule has 0 radical (unpaired) electrons. The van der Waals surface area contributed by atoms with Crippen molar-refractivity contribution in [2.24, 2.45) is 7.05 Å². The van der Waals surface area contributed by atoms with Gasteiger partial charge in [-0.1, -0.05) is 11.6 Å². The van der Waals surface area contributed by atoms with Crippen molar-refractivity contribution < 1.29 is 14.7 Å². The molecule has 2 amide bonds. The summed E-state index contributed by atoms with van der Waals surface area (Å²) in [6, 6.07) is -0.646. The van der Waals surface area contributed by atoms with Gasteiger partial charge in [0.25, 0.3) is 0 Å². The van der Waals surface area contributed by atoms with E-state index in [9.17, 15) is 9.59 Å². The summed E-state index contributed by atoms with van der Waals surface area (Å²) in [4.78, 5) is 21.2. The fourth-order valence-corrected chi connectivity index (χ4v) is 0.969. The molecule has 8 heteroatoms. The molecule has 7 nitrogen and oxygen atoms in total. The molecule has 82 valence electrons. The number of hydrogen-bond acceptors (Lipinski definition) is 3. The van der Waals surface area contributed by atoms with E-state index >= 15 is 0 Å². The van der Waals surface area contributed by atoms with Gasteiger partial charge in [0.2, 0.25) is 0 Å². The molecular weight excluding hydrogens is 224 g/mol. The van der Waals surface area contributed by atoms with Crippen molar-refractivity contribution in [3.63, 3.8) is 0 Å². The van der Waals surface area contributed by atoms with Crippen LogP contribution in [-0.4, -0.2) is 33.4 Å². The minimum absolute atomic E-state index is 0.264. The van der Waals surface area contributed by atoms with Crippen molar-refractivity contribution in [1.29, 1.82) is 0 Å². The van der Waals surface area contributed by atoms with Crippen LogP contribution in [0.1, 0.15) is 0 Å². The van der Waals surface area contributed by atoms with Crippen molar-refractivity contribution in [2.75, 3.05) is 11.9 Å². The second-order valence-electron chi connectivity index (χ2n) is 2.67. The molecule has 15 heavy (non-hydrogen) atoms. The molecule has 0 aliphatic heterocycles. The van der Waals surface area contributed by atoms with Gasteiger partial charge in [-0.25, -0.2) is 4.79 Å². The number of amides is 2. The lowest BCUT2D eigenvalue weighted by Gasteiger charge is -2.03. The molecule has 1 rings (SSSR count). The first-order valence-corrected chi connectivity index (χ1v) is 4.32. The van der Waals surface area contributed by atoms with E-state index in [1.54, 1.807) is 7.05 Å². The molecule has 0 aromatic carbocycles. The third-order valence-corrected chi connectivity index (χ3v) is 1.96. The molecule has 1 aromatic heterocycles. The lowest BCUT2D eigenvalue weighted by atomic mass is 10.5. The fourth-order valence-electron chi connectivity index (χ4n) is 0.829. The molecule has 1 heterocycles. The van der Waals surface area contributed by atoms with E-state index in [0.717, 1.165) is 0 Å². The summed E-state index contributed by atoms with van der Waals surface area (Å²) in [7, 11) is 1.61. The number of aromatic nitrogens is 2. The van der Waals surface area contributed by atoms with Gasteiger partial charge in [-0.05, 0) is 0 Å². The summed E-state index contributed by atoms with van der Waals surface area (Å²) in [6.45, 7) is -0.455. The highest BCUT2D eigenvalue weighted by Crippen LogP contribution is 2.19. The molecule has 0 aliphatic rings. The number of carboxylic acid groups (broad SMARTS) is 1. The lowest BCUT2D eigenvalue weighted by Crippen LogP contribution is -2.33. The minimum atomic E-state index is -1.12. The Bertz CT molecular complexity index is 390. The predicted molar refractivity (Wildman–Crippen MR) is 52.9 cm³/mol. The first-order chi connectivity index (χ1) is 7.00.